The van der Waals surface area contributed by atoms with Crippen LogP contribution in [0.2, 0.25) is 0 Å². The van der Waals surface area contributed by atoms with Gasteiger partial charge in [0.2, 0.25) is 11.8 Å². The van der Waals surface area contributed by atoms with Gasteiger partial charge in [-0.15, -0.1) is 0 Å². The van der Waals surface area contributed by atoms with E-state index in [4.69, 9.17) is 0 Å². The molecule has 0 aliphatic heterocycles. The van der Waals surface area contributed by atoms with E-state index in [1.165, 1.54) is 11.1 Å². The Labute approximate surface area is 133 Å². The molecule has 0 aromatic heterocycles. The Kier molecular flexibility index (Phi) is 7.60. The molecule has 0 atom stereocenters. The number of nitrogens with zero attached hydrogens (tertiary/aromatic N) is 1. The van der Waals surface area contributed by atoms with Crippen molar-refractivity contribution in [3.05, 3.63) is 35.4 Å². The monoisotopic (exact) mass is 305 g/mol. The highest BCUT2D eigenvalue weighted by atomic mass is 16.2. The van der Waals surface area contributed by atoms with Gasteiger partial charge in [0.15, 0.2) is 0 Å². The average molecular weight is 305 g/mol. The summed E-state index contributed by atoms with van der Waals surface area (Å²) >= 11 is 0. The third kappa shape index (κ3) is 7.22. The summed E-state index contributed by atoms with van der Waals surface area (Å²) in [6.07, 6.45) is 1.02. The first-order chi connectivity index (χ1) is 10.4. The second kappa shape index (κ2) is 9.20. The van der Waals surface area contributed by atoms with Gasteiger partial charge in [-0.25, -0.2) is 0 Å². The fourth-order valence-electron chi connectivity index (χ4n) is 2.10. The van der Waals surface area contributed by atoms with E-state index in [-0.39, 0.29) is 30.9 Å². The van der Waals surface area contributed by atoms with Gasteiger partial charge in [-0.2, -0.15) is 0 Å². The largest absolute Gasteiger partial charge is 0.352 e. The van der Waals surface area contributed by atoms with Crippen LogP contribution < -0.4 is 10.6 Å². The van der Waals surface area contributed by atoms with Gasteiger partial charge in [0.1, 0.15) is 0 Å². The molecule has 0 spiro atoms. The summed E-state index contributed by atoms with van der Waals surface area (Å²) in [5.74, 6) is -0.312. The van der Waals surface area contributed by atoms with Crippen molar-refractivity contribution in [3.8, 4) is 0 Å². The maximum atomic E-state index is 11.8. The standard InChI is InChI=1S/C17H27N3O2/c1-5-14-6-8-15(9-7-14)11-20(4)12-17(22)18-10-16(21)19-13(2)3/h6-9,13H,5,10-12H2,1-4H3,(H,18,22)(H,19,21). The van der Waals surface area contributed by atoms with Gasteiger partial charge < -0.3 is 10.6 Å². The number of benzene rings is 1. The highest BCUT2D eigenvalue weighted by Crippen LogP contribution is 2.07. The van der Waals surface area contributed by atoms with Crippen LogP contribution in [0, 0.1) is 0 Å². The van der Waals surface area contributed by atoms with E-state index >= 15 is 0 Å². The first kappa shape index (κ1) is 18.2. The van der Waals surface area contributed by atoms with E-state index < -0.39 is 0 Å². The lowest BCUT2D eigenvalue weighted by atomic mass is 10.1. The fourth-order valence-corrected chi connectivity index (χ4v) is 2.10. The smallest absolute Gasteiger partial charge is 0.239 e. The van der Waals surface area contributed by atoms with E-state index in [2.05, 4.69) is 41.8 Å². The third-order valence-electron chi connectivity index (χ3n) is 3.19. The molecule has 0 aliphatic carbocycles. The number of nitrogens with one attached hydrogen (secondary N) is 2. The van der Waals surface area contributed by atoms with E-state index in [1.54, 1.807) is 0 Å². The molecule has 0 heterocycles. The average Bonchev–Trinajstić information content (AvgIpc) is 2.45. The van der Waals surface area contributed by atoms with Crippen LogP contribution in [-0.4, -0.2) is 42.9 Å². The molecular weight excluding hydrogens is 278 g/mol. The number of amides is 2. The molecule has 0 fully saturated rings. The Morgan fingerprint density at radius 2 is 1.68 bits per heavy atom. The van der Waals surface area contributed by atoms with E-state index in [9.17, 15) is 9.59 Å². The summed E-state index contributed by atoms with van der Waals surface area (Å²) in [4.78, 5) is 25.2. The molecule has 5 heteroatoms. The van der Waals surface area contributed by atoms with Crippen LogP contribution in [0.3, 0.4) is 0 Å². The predicted octanol–water partition coefficient (Wildman–Crippen LogP) is 1.32. The first-order valence-corrected chi connectivity index (χ1v) is 7.73. The van der Waals surface area contributed by atoms with E-state index in [1.807, 2.05) is 25.8 Å². The lowest BCUT2D eigenvalue weighted by Gasteiger charge is -2.17. The molecule has 0 aliphatic rings. The molecule has 2 N–H and O–H groups in total. The maximum absolute atomic E-state index is 11.8. The number of rotatable bonds is 8. The van der Waals surface area contributed by atoms with Crippen molar-refractivity contribution in [2.75, 3.05) is 20.1 Å². The molecule has 22 heavy (non-hydrogen) atoms. The summed E-state index contributed by atoms with van der Waals surface area (Å²) in [5, 5.41) is 5.36. The molecule has 1 rings (SSSR count). The van der Waals surface area contributed by atoms with Crippen molar-refractivity contribution in [2.24, 2.45) is 0 Å². The molecule has 1 aromatic rings. The van der Waals surface area contributed by atoms with Gasteiger partial charge in [0.05, 0.1) is 13.1 Å². The van der Waals surface area contributed by atoms with Crippen molar-refractivity contribution in [3.63, 3.8) is 0 Å². The van der Waals surface area contributed by atoms with Crippen molar-refractivity contribution in [1.29, 1.82) is 0 Å². The summed E-state index contributed by atoms with van der Waals surface area (Å²) < 4.78 is 0. The Morgan fingerprint density at radius 1 is 1.09 bits per heavy atom. The minimum Gasteiger partial charge on any atom is -0.352 e. The Morgan fingerprint density at radius 3 is 2.23 bits per heavy atom. The Hall–Kier alpha value is -1.88. The number of likely N-dealkylation sites (N-methyl/N-ethyl adjacent to an activating group) is 1. The van der Waals surface area contributed by atoms with Gasteiger partial charge in [-0.3, -0.25) is 14.5 Å². The van der Waals surface area contributed by atoms with Crippen molar-refractivity contribution >= 4 is 11.8 Å². The molecule has 0 saturated heterocycles. The van der Waals surface area contributed by atoms with Gasteiger partial charge in [-0.1, -0.05) is 31.2 Å². The van der Waals surface area contributed by atoms with Crippen LogP contribution >= 0.6 is 0 Å². The summed E-state index contributed by atoms with van der Waals surface area (Å²) in [7, 11) is 1.89. The minimum absolute atomic E-state index is 0.0239. The van der Waals surface area contributed by atoms with Crippen LogP contribution in [0.15, 0.2) is 24.3 Å². The molecule has 0 saturated carbocycles. The number of carbonyl (C=O) groups excluding carboxylic acids is 2. The normalized spacial score (nSPS) is 10.8. The molecule has 0 unspecified atom stereocenters. The van der Waals surface area contributed by atoms with E-state index in [0.29, 0.717) is 6.54 Å². The lowest BCUT2D eigenvalue weighted by molar-refractivity contribution is -0.126. The SMILES string of the molecule is CCc1ccc(CN(C)CC(=O)NCC(=O)NC(C)C)cc1. The predicted molar refractivity (Wildman–Crippen MR) is 88.4 cm³/mol. The van der Waals surface area contributed by atoms with E-state index in [0.717, 1.165) is 6.42 Å². The Balaban J connectivity index is 2.32. The summed E-state index contributed by atoms with van der Waals surface area (Å²) in [5.41, 5.74) is 2.48. The highest BCUT2D eigenvalue weighted by Gasteiger charge is 2.09. The van der Waals surface area contributed by atoms with Crippen molar-refractivity contribution in [2.45, 2.75) is 39.8 Å². The lowest BCUT2D eigenvalue weighted by Crippen LogP contribution is -2.42. The zero-order valence-corrected chi connectivity index (χ0v) is 14.0. The quantitative estimate of drug-likeness (QED) is 0.761. The van der Waals surface area contributed by atoms with Gasteiger partial charge in [0.25, 0.3) is 0 Å². The number of hydrogen-bond acceptors (Lipinski definition) is 3. The van der Waals surface area contributed by atoms with Crippen LogP contribution in [0.5, 0.6) is 0 Å². The molecule has 1 aromatic carbocycles. The zero-order chi connectivity index (χ0) is 16.5. The number of carbonyl (C=O) groups is 2. The third-order valence-corrected chi connectivity index (χ3v) is 3.19. The second-order valence-electron chi connectivity index (χ2n) is 5.84. The molecule has 5 nitrogen and oxygen atoms in total. The van der Waals surface area contributed by atoms with Crippen molar-refractivity contribution < 1.29 is 9.59 Å². The van der Waals surface area contributed by atoms with Gasteiger partial charge >= 0.3 is 0 Å². The second-order valence-corrected chi connectivity index (χ2v) is 5.84. The number of hydrogen-bond donors (Lipinski definition) is 2. The molecule has 0 radical (unpaired) electrons. The zero-order valence-electron chi connectivity index (χ0n) is 14.0. The van der Waals surface area contributed by atoms with Crippen molar-refractivity contribution in [1.82, 2.24) is 15.5 Å². The topological polar surface area (TPSA) is 61.4 Å². The molecule has 2 amide bonds. The first-order valence-electron chi connectivity index (χ1n) is 7.73. The van der Waals surface area contributed by atoms with Gasteiger partial charge in [-0.05, 0) is 38.4 Å². The fraction of sp³-hybridized carbons (Fsp3) is 0.529. The molecule has 0 bridgehead atoms. The maximum Gasteiger partial charge on any atom is 0.239 e. The molecular formula is C17H27N3O2. The number of aryl methyl sites for hydroxylation is 1. The van der Waals surface area contributed by atoms with Crippen LogP contribution in [0.1, 0.15) is 31.9 Å². The van der Waals surface area contributed by atoms with Crippen LogP contribution in [-0.2, 0) is 22.6 Å². The molecule has 122 valence electrons. The van der Waals surface area contributed by atoms with Crippen LogP contribution in [0.25, 0.3) is 0 Å². The van der Waals surface area contributed by atoms with Gasteiger partial charge in [0, 0.05) is 12.6 Å². The minimum atomic E-state index is -0.166. The summed E-state index contributed by atoms with van der Waals surface area (Å²) in [6, 6.07) is 8.48. The Bertz CT molecular complexity index is 483. The summed E-state index contributed by atoms with van der Waals surface area (Å²) in [6.45, 7) is 6.89. The van der Waals surface area contributed by atoms with Crippen LogP contribution in [0.4, 0.5) is 0 Å². The highest BCUT2D eigenvalue weighted by molar-refractivity contribution is 5.85.